The fourth-order valence-electron chi connectivity index (χ4n) is 1.56. The van der Waals surface area contributed by atoms with Gasteiger partial charge in [0.2, 0.25) is 0 Å². The predicted molar refractivity (Wildman–Crippen MR) is 59.0 cm³/mol. The molecule has 0 spiro atoms. The zero-order valence-corrected chi connectivity index (χ0v) is 9.65. The summed E-state index contributed by atoms with van der Waals surface area (Å²) in [6.07, 6.45) is 1.84. The van der Waals surface area contributed by atoms with Gasteiger partial charge in [0.15, 0.2) is 0 Å². The Labute approximate surface area is 94.7 Å². The zero-order valence-electron chi connectivity index (χ0n) is 8.07. The number of carboxylic acid groups (broad SMARTS) is 1. The van der Waals surface area contributed by atoms with Crippen LogP contribution in [-0.4, -0.2) is 20.5 Å². The number of rotatable bonds is 2. The lowest BCUT2D eigenvalue weighted by Gasteiger charge is -1.97. The normalized spacial score (nSPS) is 10.8. The van der Waals surface area contributed by atoms with Crippen molar-refractivity contribution < 1.29 is 9.90 Å². The first kappa shape index (κ1) is 10.2. The molecule has 78 valence electrons. The average molecular weight is 269 g/mol. The van der Waals surface area contributed by atoms with Crippen molar-refractivity contribution in [3.8, 4) is 0 Å². The van der Waals surface area contributed by atoms with Gasteiger partial charge in [0.05, 0.1) is 17.6 Å². The molecule has 0 atom stereocenters. The van der Waals surface area contributed by atoms with Gasteiger partial charge in [-0.2, -0.15) is 0 Å². The van der Waals surface area contributed by atoms with Crippen molar-refractivity contribution >= 4 is 27.4 Å². The number of carbonyl (C=O) groups is 1. The lowest BCUT2D eigenvalue weighted by atomic mass is 10.2. The smallest absolute Gasteiger partial charge is 0.309 e. The van der Waals surface area contributed by atoms with Crippen LogP contribution in [0.2, 0.25) is 0 Å². The van der Waals surface area contributed by atoms with E-state index in [-0.39, 0.29) is 6.42 Å². The van der Waals surface area contributed by atoms with E-state index in [1.807, 2.05) is 29.7 Å². The lowest BCUT2D eigenvalue weighted by molar-refractivity contribution is -0.136. The number of hydrogen-bond donors (Lipinski definition) is 1. The first-order chi connectivity index (χ1) is 7.08. The minimum Gasteiger partial charge on any atom is -0.481 e. The van der Waals surface area contributed by atoms with E-state index in [4.69, 9.17) is 5.11 Å². The molecule has 4 nitrogen and oxygen atoms in total. The quantitative estimate of drug-likeness (QED) is 0.907. The number of nitrogens with zero attached hydrogens (tertiary/aromatic N) is 2. The van der Waals surface area contributed by atoms with E-state index < -0.39 is 5.97 Å². The van der Waals surface area contributed by atoms with E-state index in [0.717, 1.165) is 15.8 Å². The maximum atomic E-state index is 10.6. The summed E-state index contributed by atoms with van der Waals surface area (Å²) < 4.78 is 2.82. The van der Waals surface area contributed by atoms with Gasteiger partial charge in [-0.15, -0.1) is 0 Å². The van der Waals surface area contributed by atoms with E-state index in [9.17, 15) is 4.79 Å². The molecule has 0 aliphatic heterocycles. The van der Waals surface area contributed by atoms with Crippen LogP contribution in [0.1, 0.15) is 11.5 Å². The highest BCUT2D eigenvalue weighted by molar-refractivity contribution is 9.10. The third-order valence-electron chi connectivity index (χ3n) is 2.17. The lowest BCUT2D eigenvalue weighted by Crippen LogP contribution is -2.00. The van der Waals surface area contributed by atoms with Gasteiger partial charge in [0, 0.05) is 10.7 Å². The van der Waals surface area contributed by atoms with Crippen molar-refractivity contribution in [3.63, 3.8) is 0 Å². The van der Waals surface area contributed by atoms with Crippen molar-refractivity contribution in [1.29, 1.82) is 0 Å². The third-order valence-corrected chi connectivity index (χ3v) is 2.64. The van der Waals surface area contributed by atoms with Crippen molar-refractivity contribution in [3.05, 3.63) is 34.3 Å². The number of aliphatic carboxylic acids is 1. The highest BCUT2D eigenvalue weighted by Gasteiger charge is 2.11. The Hall–Kier alpha value is -1.36. The van der Waals surface area contributed by atoms with E-state index >= 15 is 0 Å². The largest absolute Gasteiger partial charge is 0.481 e. The first-order valence-electron chi connectivity index (χ1n) is 4.43. The first-order valence-corrected chi connectivity index (χ1v) is 5.22. The second-order valence-corrected chi connectivity index (χ2v) is 4.19. The maximum Gasteiger partial charge on any atom is 0.309 e. The van der Waals surface area contributed by atoms with Crippen molar-refractivity contribution in [2.24, 2.45) is 0 Å². The van der Waals surface area contributed by atoms with Gasteiger partial charge in [-0.3, -0.25) is 4.79 Å². The number of imidazole rings is 1. The summed E-state index contributed by atoms with van der Waals surface area (Å²) in [6.45, 7) is 1.85. The zero-order chi connectivity index (χ0) is 11.0. The Bertz CT molecular complexity index is 533. The Morgan fingerprint density at radius 2 is 2.33 bits per heavy atom. The number of aromatic nitrogens is 2. The van der Waals surface area contributed by atoms with E-state index in [2.05, 4.69) is 20.9 Å². The Morgan fingerprint density at radius 3 is 3.00 bits per heavy atom. The number of hydrogen-bond acceptors (Lipinski definition) is 2. The molecule has 0 fully saturated rings. The van der Waals surface area contributed by atoms with Crippen LogP contribution in [0.25, 0.3) is 5.52 Å². The number of pyridine rings is 1. The molecular formula is C10H9BrN2O2. The molecule has 0 aromatic carbocycles. The highest BCUT2D eigenvalue weighted by Crippen LogP contribution is 2.17. The van der Waals surface area contributed by atoms with Crippen LogP contribution in [0.15, 0.2) is 22.8 Å². The van der Waals surface area contributed by atoms with Gasteiger partial charge in [-0.05, 0) is 35.0 Å². The Balaban J connectivity index is 2.62. The van der Waals surface area contributed by atoms with Crippen molar-refractivity contribution in [2.75, 3.05) is 0 Å². The number of aryl methyl sites for hydroxylation is 1. The molecule has 0 unspecified atom stereocenters. The SMILES string of the molecule is Cc1nc(CC(=O)O)c2ccc(Br)cn12. The monoisotopic (exact) mass is 268 g/mol. The highest BCUT2D eigenvalue weighted by atomic mass is 79.9. The summed E-state index contributed by atoms with van der Waals surface area (Å²) in [7, 11) is 0. The van der Waals surface area contributed by atoms with Crippen LogP contribution in [0, 0.1) is 6.92 Å². The standard InChI is InChI=1S/C10H9BrN2O2/c1-6-12-8(4-10(14)15)9-3-2-7(11)5-13(6)9/h2-3,5H,4H2,1H3,(H,14,15). The molecule has 1 N–H and O–H groups in total. The van der Waals surface area contributed by atoms with E-state index in [0.29, 0.717) is 5.69 Å². The van der Waals surface area contributed by atoms with Gasteiger partial charge in [0.25, 0.3) is 0 Å². The molecule has 2 aromatic rings. The fourth-order valence-corrected chi connectivity index (χ4v) is 1.89. The maximum absolute atomic E-state index is 10.6. The molecule has 2 rings (SSSR count). The molecule has 2 aromatic heterocycles. The molecular weight excluding hydrogens is 260 g/mol. The molecule has 0 aliphatic rings. The topological polar surface area (TPSA) is 54.6 Å². The van der Waals surface area contributed by atoms with Crippen LogP contribution in [-0.2, 0) is 11.2 Å². The second kappa shape index (κ2) is 3.66. The van der Waals surface area contributed by atoms with Crippen molar-refractivity contribution in [2.45, 2.75) is 13.3 Å². The van der Waals surface area contributed by atoms with Crippen LogP contribution in [0.3, 0.4) is 0 Å². The molecule has 0 saturated carbocycles. The Kier molecular flexibility index (Phi) is 2.48. The Morgan fingerprint density at radius 1 is 1.60 bits per heavy atom. The molecule has 2 heterocycles. The summed E-state index contributed by atoms with van der Waals surface area (Å²) in [5.41, 5.74) is 1.45. The van der Waals surface area contributed by atoms with Crippen LogP contribution in [0.4, 0.5) is 0 Å². The van der Waals surface area contributed by atoms with Crippen LogP contribution in [0.5, 0.6) is 0 Å². The summed E-state index contributed by atoms with van der Waals surface area (Å²) in [5.74, 6) is -0.0690. The van der Waals surface area contributed by atoms with Crippen LogP contribution >= 0.6 is 15.9 Å². The summed E-state index contributed by atoms with van der Waals surface area (Å²) in [5, 5.41) is 8.73. The van der Waals surface area contributed by atoms with E-state index in [1.165, 1.54) is 0 Å². The average Bonchev–Trinajstić information content (AvgIpc) is 2.42. The van der Waals surface area contributed by atoms with Crippen molar-refractivity contribution in [1.82, 2.24) is 9.38 Å². The summed E-state index contributed by atoms with van der Waals surface area (Å²) >= 11 is 3.36. The van der Waals surface area contributed by atoms with Gasteiger partial charge in [0.1, 0.15) is 5.82 Å². The number of carboxylic acids is 1. The molecule has 0 saturated heterocycles. The molecule has 0 amide bonds. The fraction of sp³-hybridized carbons (Fsp3) is 0.200. The molecule has 5 heteroatoms. The van der Waals surface area contributed by atoms with E-state index in [1.54, 1.807) is 0 Å². The molecule has 0 radical (unpaired) electrons. The predicted octanol–water partition coefficient (Wildman–Crippen LogP) is 2.03. The van der Waals surface area contributed by atoms with Gasteiger partial charge >= 0.3 is 5.97 Å². The van der Waals surface area contributed by atoms with Gasteiger partial charge in [-0.25, -0.2) is 4.98 Å². The molecule has 0 bridgehead atoms. The minimum absolute atomic E-state index is 0.0427. The van der Waals surface area contributed by atoms with Gasteiger partial charge in [-0.1, -0.05) is 0 Å². The summed E-state index contributed by atoms with van der Waals surface area (Å²) in [4.78, 5) is 14.9. The third kappa shape index (κ3) is 1.87. The molecule has 15 heavy (non-hydrogen) atoms. The molecule has 0 aliphatic carbocycles. The van der Waals surface area contributed by atoms with Gasteiger partial charge < -0.3 is 9.51 Å². The summed E-state index contributed by atoms with van der Waals surface area (Å²) in [6, 6.07) is 3.74. The second-order valence-electron chi connectivity index (χ2n) is 3.28. The number of fused-ring (bicyclic) bond motifs is 1. The number of halogens is 1. The minimum atomic E-state index is -0.863. The van der Waals surface area contributed by atoms with Crippen LogP contribution < -0.4 is 0 Å².